The number of piperidine rings is 1. The van der Waals surface area contributed by atoms with E-state index in [-0.39, 0.29) is 12.4 Å². The van der Waals surface area contributed by atoms with Gasteiger partial charge in [0.15, 0.2) is 0 Å². The highest BCUT2D eigenvalue weighted by Gasteiger charge is 2.34. The highest BCUT2D eigenvalue weighted by molar-refractivity contribution is 5.85. The maximum atomic E-state index is 3.81. The molecule has 1 saturated heterocycles. The van der Waals surface area contributed by atoms with Gasteiger partial charge >= 0.3 is 0 Å². The Labute approximate surface area is 106 Å². The SMILES string of the molecule is CC1(C)CCCC1NCC1CCNCC1.Cl. The Balaban J connectivity index is 0.00000128. The van der Waals surface area contributed by atoms with Gasteiger partial charge in [0.1, 0.15) is 0 Å². The number of hydrogen-bond donors (Lipinski definition) is 2. The monoisotopic (exact) mass is 246 g/mol. The molecule has 2 rings (SSSR count). The number of nitrogens with one attached hydrogen (secondary N) is 2. The van der Waals surface area contributed by atoms with E-state index in [1.54, 1.807) is 0 Å². The molecule has 96 valence electrons. The quantitative estimate of drug-likeness (QED) is 0.800. The largest absolute Gasteiger partial charge is 0.317 e. The molecule has 0 aromatic heterocycles. The van der Waals surface area contributed by atoms with E-state index in [0.29, 0.717) is 5.41 Å². The molecule has 1 saturated carbocycles. The van der Waals surface area contributed by atoms with Crippen molar-refractivity contribution in [2.45, 2.75) is 52.0 Å². The minimum Gasteiger partial charge on any atom is -0.317 e. The summed E-state index contributed by atoms with van der Waals surface area (Å²) in [6, 6.07) is 0.771. The molecule has 0 bridgehead atoms. The van der Waals surface area contributed by atoms with Gasteiger partial charge in [-0.25, -0.2) is 0 Å². The zero-order valence-corrected chi connectivity index (χ0v) is 11.5. The first-order valence-corrected chi connectivity index (χ1v) is 6.62. The topological polar surface area (TPSA) is 24.1 Å². The number of hydrogen-bond acceptors (Lipinski definition) is 2. The third-order valence-corrected chi connectivity index (χ3v) is 4.37. The smallest absolute Gasteiger partial charge is 0.0118 e. The van der Waals surface area contributed by atoms with E-state index < -0.39 is 0 Å². The molecule has 0 radical (unpaired) electrons. The predicted octanol–water partition coefficient (Wildman–Crippen LogP) is 2.58. The van der Waals surface area contributed by atoms with E-state index in [1.165, 1.54) is 51.7 Å². The third-order valence-electron chi connectivity index (χ3n) is 4.37. The Bertz CT molecular complexity index is 200. The Morgan fingerprint density at radius 3 is 2.44 bits per heavy atom. The second kappa shape index (κ2) is 6.23. The second-order valence-corrected chi connectivity index (χ2v) is 6.04. The molecule has 0 spiro atoms. The first-order chi connectivity index (χ1) is 7.18. The first kappa shape index (κ1) is 14.3. The molecule has 1 atom stereocenters. The summed E-state index contributed by atoms with van der Waals surface area (Å²) in [5.41, 5.74) is 0.535. The van der Waals surface area contributed by atoms with Gasteiger partial charge in [-0.3, -0.25) is 0 Å². The zero-order valence-electron chi connectivity index (χ0n) is 10.7. The van der Waals surface area contributed by atoms with Crippen molar-refractivity contribution in [3.8, 4) is 0 Å². The lowest BCUT2D eigenvalue weighted by Gasteiger charge is -2.31. The second-order valence-electron chi connectivity index (χ2n) is 6.04. The van der Waals surface area contributed by atoms with Crippen LogP contribution in [0.2, 0.25) is 0 Å². The first-order valence-electron chi connectivity index (χ1n) is 6.62. The number of halogens is 1. The van der Waals surface area contributed by atoms with Gasteiger partial charge in [-0.1, -0.05) is 20.3 Å². The van der Waals surface area contributed by atoms with Crippen molar-refractivity contribution >= 4 is 12.4 Å². The van der Waals surface area contributed by atoms with Crippen molar-refractivity contribution in [2.24, 2.45) is 11.3 Å². The molecule has 3 heteroatoms. The summed E-state index contributed by atoms with van der Waals surface area (Å²) in [6.07, 6.45) is 6.92. The Morgan fingerprint density at radius 2 is 1.88 bits per heavy atom. The molecule has 1 aliphatic carbocycles. The summed E-state index contributed by atoms with van der Waals surface area (Å²) >= 11 is 0. The molecule has 2 N–H and O–H groups in total. The van der Waals surface area contributed by atoms with Gasteiger partial charge in [-0.15, -0.1) is 12.4 Å². The van der Waals surface area contributed by atoms with Crippen LogP contribution in [0.4, 0.5) is 0 Å². The van der Waals surface area contributed by atoms with Crippen molar-refractivity contribution < 1.29 is 0 Å². The highest BCUT2D eigenvalue weighted by Crippen LogP contribution is 2.37. The minimum absolute atomic E-state index is 0. The maximum Gasteiger partial charge on any atom is 0.0118 e. The molecule has 16 heavy (non-hydrogen) atoms. The molecule has 0 aromatic carbocycles. The Hall–Kier alpha value is 0.210. The normalized spacial score (nSPS) is 30.0. The van der Waals surface area contributed by atoms with E-state index in [1.807, 2.05) is 0 Å². The Morgan fingerprint density at radius 1 is 1.19 bits per heavy atom. The van der Waals surface area contributed by atoms with Crippen LogP contribution in [0.25, 0.3) is 0 Å². The lowest BCUT2D eigenvalue weighted by molar-refractivity contribution is 0.257. The van der Waals surface area contributed by atoms with Crippen LogP contribution in [0, 0.1) is 11.3 Å². The van der Waals surface area contributed by atoms with Crippen molar-refractivity contribution in [3.05, 3.63) is 0 Å². The van der Waals surface area contributed by atoms with Crippen LogP contribution in [-0.2, 0) is 0 Å². The van der Waals surface area contributed by atoms with Gasteiger partial charge in [0.05, 0.1) is 0 Å². The maximum absolute atomic E-state index is 3.81. The van der Waals surface area contributed by atoms with Crippen LogP contribution in [0.5, 0.6) is 0 Å². The molecular formula is C13H27ClN2. The van der Waals surface area contributed by atoms with E-state index in [0.717, 1.165) is 12.0 Å². The van der Waals surface area contributed by atoms with Crippen LogP contribution in [0.15, 0.2) is 0 Å². The number of rotatable bonds is 3. The summed E-state index contributed by atoms with van der Waals surface area (Å²) in [5, 5.41) is 7.24. The third kappa shape index (κ3) is 3.61. The summed E-state index contributed by atoms with van der Waals surface area (Å²) in [6.45, 7) is 8.52. The molecule has 1 unspecified atom stereocenters. The van der Waals surface area contributed by atoms with Gasteiger partial charge in [0.25, 0.3) is 0 Å². The van der Waals surface area contributed by atoms with Gasteiger partial charge in [0.2, 0.25) is 0 Å². The van der Waals surface area contributed by atoms with Crippen LogP contribution >= 0.6 is 12.4 Å². The molecule has 2 nitrogen and oxygen atoms in total. The molecule has 2 fully saturated rings. The lowest BCUT2D eigenvalue weighted by Crippen LogP contribution is -2.42. The van der Waals surface area contributed by atoms with Crippen molar-refractivity contribution in [1.29, 1.82) is 0 Å². The van der Waals surface area contributed by atoms with Crippen molar-refractivity contribution in [1.82, 2.24) is 10.6 Å². The summed E-state index contributed by atoms with van der Waals surface area (Å²) < 4.78 is 0. The fraction of sp³-hybridized carbons (Fsp3) is 1.00. The van der Waals surface area contributed by atoms with Crippen molar-refractivity contribution in [3.63, 3.8) is 0 Å². The molecule has 1 aliphatic heterocycles. The summed E-state index contributed by atoms with van der Waals surface area (Å²) in [5.74, 6) is 0.919. The molecule has 1 heterocycles. The van der Waals surface area contributed by atoms with E-state index >= 15 is 0 Å². The fourth-order valence-electron chi connectivity index (χ4n) is 3.10. The minimum atomic E-state index is 0. The fourth-order valence-corrected chi connectivity index (χ4v) is 3.10. The highest BCUT2D eigenvalue weighted by atomic mass is 35.5. The molecule has 0 aromatic rings. The van der Waals surface area contributed by atoms with Gasteiger partial charge < -0.3 is 10.6 Å². The average Bonchev–Trinajstić information content (AvgIpc) is 2.56. The van der Waals surface area contributed by atoms with Crippen LogP contribution in [0.1, 0.15) is 46.0 Å². The van der Waals surface area contributed by atoms with Gasteiger partial charge in [-0.05, 0) is 56.7 Å². The summed E-state index contributed by atoms with van der Waals surface area (Å²) in [7, 11) is 0. The van der Waals surface area contributed by atoms with Gasteiger partial charge in [-0.2, -0.15) is 0 Å². The van der Waals surface area contributed by atoms with E-state index in [4.69, 9.17) is 0 Å². The van der Waals surface area contributed by atoms with E-state index in [2.05, 4.69) is 24.5 Å². The predicted molar refractivity (Wildman–Crippen MR) is 72.3 cm³/mol. The van der Waals surface area contributed by atoms with Gasteiger partial charge in [0, 0.05) is 6.04 Å². The van der Waals surface area contributed by atoms with Crippen molar-refractivity contribution in [2.75, 3.05) is 19.6 Å². The molecule has 2 aliphatic rings. The van der Waals surface area contributed by atoms with Crippen LogP contribution in [0.3, 0.4) is 0 Å². The zero-order chi connectivity index (χ0) is 10.7. The molecular weight excluding hydrogens is 220 g/mol. The lowest BCUT2D eigenvalue weighted by atomic mass is 9.87. The molecule has 0 amide bonds. The van der Waals surface area contributed by atoms with Crippen LogP contribution < -0.4 is 10.6 Å². The summed E-state index contributed by atoms with van der Waals surface area (Å²) in [4.78, 5) is 0. The van der Waals surface area contributed by atoms with Crippen LogP contribution in [-0.4, -0.2) is 25.7 Å². The Kier molecular flexibility index (Phi) is 5.55. The van der Waals surface area contributed by atoms with E-state index in [9.17, 15) is 0 Å². The standard InChI is InChI=1S/C13H26N2.ClH/c1-13(2)7-3-4-12(13)15-10-11-5-8-14-9-6-11;/h11-12,14-15H,3-10H2,1-2H3;1H. The average molecular weight is 247 g/mol.